The van der Waals surface area contributed by atoms with Crippen molar-refractivity contribution in [2.45, 2.75) is 13.3 Å². The van der Waals surface area contributed by atoms with Gasteiger partial charge in [-0.25, -0.2) is 4.39 Å². The van der Waals surface area contributed by atoms with Crippen molar-refractivity contribution in [3.63, 3.8) is 0 Å². The highest BCUT2D eigenvalue weighted by Crippen LogP contribution is 2.11. The van der Waals surface area contributed by atoms with Crippen LogP contribution in [0.15, 0.2) is 54.2 Å². The second kappa shape index (κ2) is 8.43. The number of rotatable bonds is 8. The summed E-state index contributed by atoms with van der Waals surface area (Å²) in [6.45, 7) is 11.1. The molecule has 4 heteroatoms. The summed E-state index contributed by atoms with van der Waals surface area (Å²) in [6.07, 6.45) is 2.78. The third-order valence-electron chi connectivity index (χ3n) is 2.67. The van der Waals surface area contributed by atoms with Crippen molar-refractivity contribution in [2.24, 2.45) is 0 Å². The average Bonchev–Trinajstić information content (AvgIpc) is 2.44. The van der Waals surface area contributed by atoms with Gasteiger partial charge in [0, 0.05) is 24.5 Å². The van der Waals surface area contributed by atoms with Gasteiger partial charge in [-0.1, -0.05) is 49.9 Å². The highest BCUT2D eigenvalue weighted by molar-refractivity contribution is 6.31. The zero-order chi connectivity index (χ0) is 15.0. The van der Waals surface area contributed by atoms with Crippen LogP contribution in [-0.4, -0.2) is 13.1 Å². The van der Waals surface area contributed by atoms with Gasteiger partial charge in [-0.2, -0.15) is 0 Å². The fraction of sp³-hybridized carbons (Fsp3) is 0.250. The van der Waals surface area contributed by atoms with Crippen molar-refractivity contribution in [3.05, 3.63) is 65.6 Å². The van der Waals surface area contributed by atoms with Gasteiger partial charge >= 0.3 is 0 Å². The van der Waals surface area contributed by atoms with E-state index in [0.717, 1.165) is 17.7 Å². The molecule has 2 N–H and O–H groups in total. The molecule has 0 aliphatic carbocycles. The number of hydrogen-bond acceptors (Lipinski definition) is 2. The number of halogens is 2. The van der Waals surface area contributed by atoms with E-state index in [1.54, 1.807) is 12.1 Å². The van der Waals surface area contributed by atoms with Gasteiger partial charge in [-0.15, -0.1) is 0 Å². The van der Waals surface area contributed by atoms with Crippen LogP contribution in [0.5, 0.6) is 0 Å². The fourth-order valence-electron chi connectivity index (χ4n) is 1.57. The minimum Gasteiger partial charge on any atom is -0.383 e. The molecule has 2 nitrogen and oxygen atoms in total. The smallest absolute Gasteiger partial charge is 0.123 e. The van der Waals surface area contributed by atoms with Gasteiger partial charge in [0.05, 0.1) is 5.03 Å². The van der Waals surface area contributed by atoms with E-state index in [1.807, 2.05) is 13.0 Å². The van der Waals surface area contributed by atoms with E-state index in [2.05, 4.69) is 23.8 Å². The number of nitrogens with one attached hydrogen (secondary N) is 2. The van der Waals surface area contributed by atoms with Crippen LogP contribution in [0.3, 0.4) is 0 Å². The van der Waals surface area contributed by atoms with Gasteiger partial charge in [0.15, 0.2) is 0 Å². The topological polar surface area (TPSA) is 24.1 Å². The fourth-order valence-corrected chi connectivity index (χ4v) is 1.79. The Morgan fingerprint density at radius 3 is 2.40 bits per heavy atom. The quantitative estimate of drug-likeness (QED) is 0.559. The normalized spacial score (nSPS) is 11.1. The zero-order valence-electron chi connectivity index (χ0n) is 11.7. The Morgan fingerprint density at radius 1 is 1.20 bits per heavy atom. The predicted molar refractivity (Wildman–Crippen MR) is 84.8 cm³/mol. The number of benzene rings is 1. The van der Waals surface area contributed by atoms with Crippen LogP contribution in [0.25, 0.3) is 5.70 Å². The van der Waals surface area contributed by atoms with E-state index < -0.39 is 0 Å². The van der Waals surface area contributed by atoms with Crippen molar-refractivity contribution in [1.82, 2.24) is 10.6 Å². The van der Waals surface area contributed by atoms with Crippen molar-refractivity contribution in [1.29, 1.82) is 0 Å². The van der Waals surface area contributed by atoms with Gasteiger partial charge in [0.2, 0.25) is 0 Å². The van der Waals surface area contributed by atoms with E-state index in [0.29, 0.717) is 23.8 Å². The molecule has 108 valence electrons. The molecule has 0 spiro atoms. The molecule has 1 rings (SSSR count). The first-order chi connectivity index (χ1) is 9.54. The maximum absolute atomic E-state index is 12.8. The van der Waals surface area contributed by atoms with Crippen LogP contribution in [0.1, 0.15) is 18.9 Å². The Bertz CT molecular complexity index is 492. The molecule has 0 bridgehead atoms. The molecule has 0 saturated carbocycles. The molecule has 0 aromatic heterocycles. The summed E-state index contributed by atoms with van der Waals surface area (Å²) >= 11 is 6.01. The third-order valence-corrected chi connectivity index (χ3v) is 3.05. The molecule has 0 fully saturated rings. The van der Waals surface area contributed by atoms with Gasteiger partial charge in [0.1, 0.15) is 5.82 Å². The van der Waals surface area contributed by atoms with Gasteiger partial charge in [-0.05, 0) is 24.1 Å². The van der Waals surface area contributed by atoms with Crippen LogP contribution in [0.4, 0.5) is 4.39 Å². The molecule has 0 amide bonds. The molecule has 20 heavy (non-hydrogen) atoms. The summed E-state index contributed by atoms with van der Waals surface area (Å²) in [4.78, 5) is 0. The van der Waals surface area contributed by atoms with Crippen molar-refractivity contribution in [2.75, 3.05) is 13.1 Å². The monoisotopic (exact) mass is 294 g/mol. The summed E-state index contributed by atoms with van der Waals surface area (Å²) in [5, 5.41) is 6.93. The van der Waals surface area contributed by atoms with Crippen LogP contribution < -0.4 is 10.6 Å². The maximum Gasteiger partial charge on any atom is 0.123 e. The van der Waals surface area contributed by atoms with E-state index in [9.17, 15) is 4.39 Å². The van der Waals surface area contributed by atoms with Crippen molar-refractivity contribution in [3.8, 4) is 0 Å². The lowest BCUT2D eigenvalue weighted by Gasteiger charge is -2.12. The summed E-state index contributed by atoms with van der Waals surface area (Å²) in [5.74, 6) is -0.253. The lowest BCUT2D eigenvalue weighted by Crippen LogP contribution is -2.25. The highest BCUT2D eigenvalue weighted by Gasteiger charge is 2.00. The zero-order valence-corrected chi connectivity index (χ0v) is 12.4. The Kier molecular flexibility index (Phi) is 6.88. The molecule has 0 unspecified atom stereocenters. The standard InChI is InChI=1S/C16H20ClFN2/c1-4-5-16(17)13(3)20-11-10-19-12(2)14-6-8-15(18)9-7-14/h5-9,19-20H,2-4,10-11H2,1H3/b16-5+. The minimum atomic E-state index is -0.253. The Hall–Kier alpha value is -1.74. The van der Waals surface area contributed by atoms with E-state index in [1.165, 1.54) is 12.1 Å². The van der Waals surface area contributed by atoms with Gasteiger partial charge < -0.3 is 10.6 Å². The van der Waals surface area contributed by atoms with Crippen LogP contribution in [-0.2, 0) is 0 Å². The number of allylic oxidation sites excluding steroid dienone is 2. The van der Waals surface area contributed by atoms with Gasteiger partial charge in [0.25, 0.3) is 0 Å². The first-order valence-electron chi connectivity index (χ1n) is 6.52. The second-order valence-electron chi connectivity index (χ2n) is 4.28. The SMILES string of the molecule is C=C(NCCNC(=C)c1ccc(F)cc1)/C(Cl)=C\CC. The highest BCUT2D eigenvalue weighted by atomic mass is 35.5. The first-order valence-corrected chi connectivity index (χ1v) is 6.90. The lowest BCUT2D eigenvalue weighted by molar-refractivity contribution is 0.627. The molecular weight excluding hydrogens is 275 g/mol. The molecule has 1 aromatic rings. The van der Waals surface area contributed by atoms with E-state index >= 15 is 0 Å². The minimum absolute atomic E-state index is 0.253. The van der Waals surface area contributed by atoms with E-state index in [4.69, 9.17) is 11.6 Å². The van der Waals surface area contributed by atoms with E-state index in [-0.39, 0.29) is 5.82 Å². The van der Waals surface area contributed by atoms with Crippen LogP contribution >= 0.6 is 11.6 Å². The lowest BCUT2D eigenvalue weighted by atomic mass is 10.2. The summed E-state index contributed by atoms with van der Waals surface area (Å²) in [7, 11) is 0. The summed E-state index contributed by atoms with van der Waals surface area (Å²) in [6, 6.07) is 6.21. The summed E-state index contributed by atoms with van der Waals surface area (Å²) in [5.41, 5.74) is 2.34. The Morgan fingerprint density at radius 2 is 1.80 bits per heavy atom. The first kappa shape index (κ1) is 16.3. The molecule has 0 aliphatic heterocycles. The third kappa shape index (κ3) is 5.49. The molecule has 0 saturated heterocycles. The second-order valence-corrected chi connectivity index (χ2v) is 4.69. The summed E-state index contributed by atoms with van der Waals surface area (Å²) < 4.78 is 12.8. The van der Waals surface area contributed by atoms with Crippen LogP contribution in [0, 0.1) is 5.82 Å². The molecule has 0 atom stereocenters. The van der Waals surface area contributed by atoms with Crippen molar-refractivity contribution < 1.29 is 4.39 Å². The molecular formula is C16H20ClFN2. The van der Waals surface area contributed by atoms with Crippen LogP contribution in [0.2, 0.25) is 0 Å². The van der Waals surface area contributed by atoms with Crippen molar-refractivity contribution >= 4 is 17.3 Å². The largest absolute Gasteiger partial charge is 0.383 e. The molecule has 0 radical (unpaired) electrons. The van der Waals surface area contributed by atoms with Gasteiger partial charge in [-0.3, -0.25) is 0 Å². The average molecular weight is 295 g/mol. The molecule has 0 heterocycles. The predicted octanol–water partition coefficient (Wildman–Crippen LogP) is 4.02. The Labute approximate surface area is 125 Å². The molecule has 1 aromatic carbocycles. The number of hydrogen-bond donors (Lipinski definition) is 2. The maximum atomic E-state index is 12.8. The Balaban J connectivity index is 2.31. The molecule has 0 aliphatic rings.